The van der Waals surface area contributed by atoms with Gasteiger partial charge in [0.15, 0.2) is 5.96 Å². The van der Waals surface area contributed by atoms with Crippen LogP contribution in [0, 0.1) is 5.92 Å². The summed E-state index contributed by atoms with van der Waals surface area (Å²) in [7, 11) is 1.80. The predicted octanol–water partition coefficient (Wildman–Crippen LogP) is 2.93. The Morgan fingerprint density at radius 3 is 2.65 bits per heavy atom. The minimum absolute atomic E-state index is 0. The van der Waals surface area contributed by atoms with Crippen molar-refractivity contribution < 1.29 is 0 Å². The zero-order valence-corrected chi connectivity index (χ0v) is 13.2. The molecule has 1 aliphatic carbocycles. The van der Waals surface area contributed by atoms with Gasteiger partial charge >= 0.3 is 0 Å². The van der Waals surface area contributed by atoms with Gasteiger partial charge in [-0.25, -0.2) is 0 Å². The summed E-state index contributed by atoms with van der Waals surface area (Å²) in [5.41, 5.74) is 0. The predicted molar refractivity (Wildman–Crippen MR) is 86.2 cm³/mol. The van der Waals surface area contributed by atoms with Gasteiger partial charge in [0.2, 0.25) is 0 Å². The standard InChI is InChI=1S/C13H25N3.HI/c1-3-10-15-13(14-2)16-11-6-9-12-7-4-5-8-12;/h3,12H,1,4-11H2,2H3,(H2,14,15,16);1H. The minimum Gasteiger partial charge on any atom is -0.356 e. The number of hydrogen-bond acceptors (Lipinski definition) is 1. The zero-order valence-electron chi connectivity index (χ0n) is 10.9. The summed E-state index contributed by atoms with van der Waals surface area (Å²) in [6, 6.07) is 0. The van der Waals surface area contributed by atoms with Crippen LogP contribution in [0.2, 0.25) is 0 Å². The number of nitrogens with one attached hydrogen (secondary N) is 2. The molecule has 0 heterocycles. The number of aliphatic imine (C=N–C) groups is 1. The Morgan fingerprint density at radius 2 is 2.06 bits per heavy atom. The summed E-state index contributed by atoms with van der Waals surface area (Å²) in [6.07, 6.45) is 10.2. The van der Waals surface area contributed by atoms with Crippen molar-refractivity contribution in [1.82, 2.24) is 10.6 Å². The van der Waals surface area contributed by atoms with E-state index in [1.807, 2.05) is 6.08 Å². The molecule has 2 N–H and O–H groups in total. The molecule has 1 aliphatic rings. The second-order valence-corrected chi connectivity index (χ2v) is 4.46. The fourth-order valence-corrected chi connectivity index (χ4v) is 2.29. The first-order chi connectivity index (χ1) is 7.86. The Morgan fingerprint density at radius 1 is 1.35 bits per heavy atom. The molecule has 0 unspecified atom stereocenters. The summed E-state index contributed by atoms with van der Waals surface area (Å²) < 4.78 is 0. The van der Waals surface area contributed by atoms with Crippen LogP contribution in [0.5, 0.6) is 0 Å². The summed E-state index contributed by atoms with van der Waals surface area (Å²) in [6.45, 7) is 5.46. The van der Waals surface area contributed by atoms with E-state index in [9.17, 15) is 0 Å². The number of guanidine groups is 1. The van der Waals surface area contributed by atoms with Crippen molar-refractivity contribution in [2.24, 2.45) is 10.9 Å². The SMILES string of the molecule is C=CCNC(=NC)NCCCC1CCCC1.I. The Kier molecular flexibility index (Phi) is 10.7. The van der Waals surface area contributed by atoms with Crippen LogP contribution in [0.4, 0.5) is 0 Å². The normalized spacial score (nSPS) is 16.4. The number of nitrogens with zero attached hydrogens (tertiary/aromatic N) is 1. The van der Waals surface area contributed by atoms with Crippen molar-refractivity contribution in [3.63, 3.8) is 0 Å². The van der Waals surface area contributed by atoms with Crippen LogP contribution in [0.15, 0.2) is 17.6 Å². The molecule has 1 saturated carbocycles. The zero-order chi connectivity index (χ0) is 11.6. The van der Waals surface area contributed by atoms with Crippen molar-refractivity contribution in [1.29, 1.82) is 0 Å². The van der Waals surface area contributed by atoms with Crippen LogP contribution in [0.25, 0.3) is 0 Å². The van der Waals surface area contributed by atoms with E-state index in [-0.39, 0.29) is 24.0 Å². The largest absolute Gasteiger partial charge is 0.356 e. The molecule has 0 saturated heterocycles. The number of hydrogen-bond donors (Lipinski definition) is 2. The van der Waals surface area contributed by atoms with Gasteiger partial charge in [0.25, 0.3) is 0 Å². The Hall–Kier alpha value is -0.260. The van der Waals surface area contributed by atoms with Crippen LogP contribution < -0.4 is 10.6 Å². The van der Waals surface area contributed by atoms with Crippen molar-refractivity contribution in [3.8, 4) is 0 Å². The van der Waals surface area contributed by atoms with E-state index >= 15 is 0 Å². The van der Waals surface area contributed by atoms with E-state index in [0.717, 1.165) is 25.0 Å². The van der Waals surface area contributed by atoms with Gasteiger partial charge in [-0.05, 0) is 18.8 Å². The second kappa shape index (κ2) is 10.9. The molecule has 0 atom stereocenters. The average Bonchev–Trinajstić information content (AvgIpc) is 2.81. The van der Waals surface area contributed by atoms with E-state index in [2.05, 4.69) is 22.2 Å². The van der Waals surface area contributed by atoms with Gasteiger partial charge in [0.1, 0.15) is 0 Å². The fourth-order valence-electron chi connectivity index (χ4n) is 2.29. The van der Waals surface area contributed by atoms with Crippen molar-refractivity contribution >= 4 is 29.9 Å². The van der Waals surface area contributed by atoms with Crippen LogP contribution in [-0.2, 0) is 0 Å². The molecule has 0 aromatic carbocycles. The maximum Gasteiger partial charge on any atom is 0.191 e. The highest BCUT2D eigenvalue weighted by atomic mass is 127. The molecule has 0 aromatic heterocycles. The third-order valence-electron chi connectivity index (χ3n) is 3.19. The molecule has 3 nitrogen and oxygen atoms in total. The highest BCUT2D eigenvalue weighted by Gasteiger charge is 2.13. The molecule has 0 spiro atoms. The smallest absolute Gasteiger partial charge is 0.191 e. The number of halogens is 1. The van der Waals surface area contributed by atoms with E-state index < -0.39 is 0 Å². The van der Waals surface area contributed by atoms with Gasteiger partial charge in [0.05, 0.1) is 0 Å². The molecule has 0 amide bonds. The van der Waals surface area contributed by atoms with Crippen LogP contribution in [0.1, 0.15) is 38.5 Å². The van der Waals surface area contributed by atoms with Gasteiger partial charge in [-0.2, -0.15) is 0 Å². The maximum atomic E-state index is 4.14. The first-order valence-electron chi connectivity index (χ1n) is 6.42. The molecule has 1 fully saturated rings. The van der Waals surface area contributed by atoms with E-state index in [4.69, 9.17) is 0 Å². The van der Waals surface area contributed by atoms with E-state index in [1.165, 1.54) is 38.5 Å². The molecular weight excluding hydrogens is 325 g/mol. The van der Waals surface area contributed by atoms with Gasteiger partial charge in [-0.3, -0.25) is 4.99 Å². The lowest BCUT2D eigenvalue weighted by Gasteiger charge is -2.12. The summed E-state index contributed by atoms with van der Waals surface area (Å²) in [5.74, 6) is 1.87. The Labute approximate surface area is 123 Å². The summed E-state index contributed by atoms with van der Waals surface area (Å²) in [5, 5.41) is 6.49. The molecule has 0 bridgehead atoms. The third kappa shape index (κ3) is 7.63. The molecular formula is C13H26IN3. The average molecular weight is 351 g/mol. The molecule has 4 heteroatoms. The van der Waals surface area contributed by atoms with Crippen molar-refractivity contribution in [3.05, 3.63) is 12.7 Å². The second-order valence-electron chi connectivity index (χ2n) is 4.46. The number of rotatable bonds is 6. The first kappa shape index (κ1) is 16.7. The first-order valence-corrected chi connectivity index (χ1v) is 6.42. The van der Waals surface area contributed by atoms with Gasteiger partial charge in [-0.15, -0.1) is 30.6 Å². The highest BCUT2D eigenvalue weighted by molar-refractivity contribution is 14.0. The Bertz CT molecular complexity index is 223. The third-order valence-corrected chi connectivity index (χ3v) is 3.19. The van der Waals surface area contributed by atoms with Gasteiger partial charge in [0, 0.05) is 20.1 Å². The lowest BCUT2D eigenvalue weighted by Crippen LogP contribution is -2.37. The molecule has 0 aliphatic heterocycles. The highest BCUT2D eigenvalue weighted by Crippen LogP contribution is 2.28. The topological polar surface area (TPSA) is 36.4 Å². The summed E-state index contributed by atoms with van der Waals surface area (Å²) in [4.78, 5) is 4.14. The van der Waals surface area contributed by atoms with Crippen LogP contribution in [0.3, 0.4) is 0 Å². The monoisotopic (exact) mass is 351 g/mol. The molecule has 0 radical (unpaired) electrons. The molecule has 0 aromatic rings. The van der Waals surface area contributed by atoms with Crippen LogP contribution in [-0.4, -0.2) is 26.1 Å². The summed E-state index contributed by atoms with van der Waals surface area (Å²) >= 11 is 0. The maximum absolute atomic E-state index is 4.14. The Balaban J connectivity index is 0.00000256. The van der Waals surface area contributed by atoms with Crippen molar-refractivity contribution in [2.45, 2.75) is 38.5 Å². The molecule has 100 valence electrons. The molecule has 17 heavy (non-hydrogen) atoms. The van der Waals surface area contributed by atoms with Gasteiger partial charge < -0.3 is 10.6 Å². The molecule has 1 rings (SSSR count). The van der Waals surface area contributed by atoms with Crippen molar-refractivity contribution in [2.75, 3.05) is 20.1 Å². The minimum atomic E-state index is 0. The van der Waals surface area contributed by atoms with Gasteiger partial charge in [-0.1, -0.05) is 31.8 Å². The lowest BCUT2D eigenvalue weighted by molar-refractivity contribution is 0.481. The van der Waals surface area contributed by atoms with Crippen LogP contribution >= 0.6 is 24.0 Å². The quantitative estimate of drug-likeness (QED) is 0.254. The fraction of sp³-hybridized carbons (Fsp3) is 0.769. The lowest BCUT2D eigenvalue weighted by atomic mass is 10.0. The van der Waals surface area contributed by atoms with E-state index in [1.54, 1.807) is 7.05 Å². The van der Waals surface area contributed by atoms with E-state index in [0.29, 0.717) is 0 Å².